The molecule has 1 nitrogen and oxygen atoms in total. The highest BCUT2D eigenvalue weighted by Gasteiger charge is 2.04. The molecule has 0 aliphatic rings. The third kappa shape index (κ3) is 3.13. The summed E-state index contributed by atoms with van der Waals surface area (Å²) >= 11 is 0. The van der Waals surface area contributed by atoms with Crippen molar-refractivity contribution in [1.29, 1.82) is 0 Å². The van der Waals surface area contributed by atoms with Crippen LogP contribution in [0.4, 0.5) is 0 Å². The van der Waals surface area contributed by atoms with Crippen molar-refractivity contribution in [3.63, 3.8) is 0 Å². The molecule has 0 aliphatic carbocycles. The highest BCUT2D eigenvalue weighted by molar-refractivity contribution is 5.42. The van der Waals surface area contributed by atoms with Crippen molar-refractivity contribution in [3.05, 3.63) is 64.7 Å². The first-order valence-corrected chi connectivity index (χ1v) is 6.41. The van der Waals surface area contributed by atoms with Crippen LogP contribution in [0.15, 0.2) is 42.5 Å². The standard InChI is InChI=1S/C17H20O/c1-13-11-14(2)17(15(3)12-13)18-10-9-16-7-5-4-6-8-16/h4-8,11-12H,9-10H2,1-3H3. The summed E-state index contributed by atoms with van der Waals surface area (Å²) in [5.41, 5.74) is 5.06. The zero-order chi connectivity index (χ0) is 13.0. The SMILES string of the molecule is Cc1cc(C)c(OCCc2ccccc2)c(C)c1. The number of aryl methyl sites for hydroxylation is 3. The maximum absolute atomic E-state index is 5.93. The summed E-state index contributed by atoms with van der Waals surface area (Å²) in [6.45, 7) is 7.07. The molecule has 0 heterocycles. The van der Waals surface area contributed by atoms with Gasteiger partial charge in [0.05, 0.1) is 6.61 Å². The van der Waals surface area contributed by atoms with Crippen molar-refractivity contribution in [3.8, 4) is 5.75 Å². The minimum atomic E-state index is 0.731. The van der Waals surface area contributed by atoms with Gasteiger partial charge in [0.25, 0.3) is 0 Å². The molecule has 1 heteroatoms. The number of rotatable bonds is 4. The zero-order valence-corrected chi connectivity index (χ0v) is 11.4. The third-order valence-electron chi connectivity index (χ3n) is 3.08. The maximum Gasteiger partial charge on any atom is 0.125 e. The van der Waals surface area contributed by atoms with Crippen LogP contribution in [0.25, 0.3) is 0 Å². The normalized spacial score (nSPS) is 10.4. The van der Waals surface area contributed by atoms with Crippen LogP contribution >= 0.6 is 0 Å². The maximum atomic E-state index is 5.93. The lowest BCUT2D eigenvalue weighted by molar-refractivity contribution is 0.317. The first-order chi connectivity index (χ1) is 8.66. The summed E-state index contributed by atoms with van der Waals surface area (Å²) < 4.78 is 5.93. The molecule has 2 aromatic carbocycles. The summed E-state index contributed by atoms with van der Waals surface area (Å²) in [7, 11) is 0. The molecule has 2 aromatic rings. The van der Waals surface area contributed by atoms with E-state index in [9.17, 15) is 0 Å². The molecule has 0 fully saturated rings. The Bertz CT molecular complexity index is 491. The van der Waals surface area contributed by atoms with E-state index in [4.69, 9.17) is 4.74 Å². The minimum absolute atomic E-state index is 0.731. The average molecular weight is 240 g/mol. The molecule has 0 saturated heterocycles. The fraction of sp³-hybridized carbons (Fsp3) is 0.294. The van der Waals surface area contributed by atoms with Gasteiger partial charge in [0, 0.05) is 6.42 Å². The molecule has 0 bridgehead atoms. The predicted octanol–water partition coefficient (Wildman–Crippen LogP) is 4.23. The van der Waals surface area contributed by atoms with Crippen LogP contribution in [0.2, 0.25) is 0 Å². The molecule has 0 amide bonds. The molecule has 2 rings (SSSR count). The average Bonchev–Trinajstić information content (AvgIpc) is 2.34. The lowest BCUT2D eigenvalue weighted by Crippen LogP contribution is -2.04. The summed E-state index contributed by atoms with van der Waals surface area (Å²) in [6, 6.07) is 14.8. The molecular weight excluding hydrogens is 220 g/mol. The Balaban J connectivity index is 1.99. The van der Waals surface area contributed by atoms with Crippen molar-refractivity contribution in [2.45, 2.75) is 27.2 Å². The lowest BCUT2D eigenvalue weighted by Gasteiger charge is -2.13. The van der Waals surface area contributed by atoms with Gasteiger partial charge in [-0.1, -0.05) is 48.0 Å². The largest absolute Gasteiger partial charge is 0.493 e. The lowest BCUT2D eigenvalue weighted by atomic mass is 10.1. The van der Waals surface area contributed by atoms with E-state index in [1.165, 1.54) is 22.3 Å². The summed E-state index contributed by atoms with van der Waals surface area (Å²) in [5.74, 6) is 1.04. The van der Waals surface area contributed by atoms with E-state index in [-0.39, 0.29) is 0 Å². The van der Waals surface area contributed by atoms with Crippen molar-refractivity contribution in [1.82, 2.24) is 0 Å². The molecule has 0 aromatic heterocycles. The highest BCUT2D eigenvalue weighted by atomic mass is 16.5. The number of benzene rings is 2. The van der Waals surface area contributed by atoms with E-state index < -0.39 is 0 Å². The smallest absolute Gasteiger partial charge is 0.125 e. The number of hydrogen-bond acceptors (Lipinski definition) is 1. The highest BCUT2D eigenvalue weighted by Crippen LogP contribution is 2.24. The molecule has 0 aliphatic heterocycles. The second kappa shape index (κ2) is 5.72. The van der Waals surface area contributed by atoms with Gasteiger partial charge in [-0.2, -0.15) is 0 Å². The van der Waals surface area contributed by atoms with Gasteiger partial charge in [-0.25, -0.2) is 0 Å². The first kappa shape index (κ1) is 12.7. The van der Waals surface area contributed by atoms with Gasteiger partial charge in [-0.3, -0.25) is 0 Å². The van der Waals surface area contributed by atoms with Gasteiger partial charge in [0.15, 0.2) is 0 Å². The summed E-state index contributed by atoms with van der Waals surface area (Å²) in [4.78, 5) is 0. The topological polar surface area (TPSA) is 9.23 Å². The van der Waals surface area contributed by atoms with E-state index in [1.807, 2.05) is 6.07 Å². The fourth-order valence-electron chi connectivity index (χ4n) is 2.31. The van der Waals surface area contributed by atoms with E-state index in [0.717, 1.165) is 18.8 Å². The van der Waals surface area contributed by atoms with E-state index in [0.29, 0.717) is 0 Å². The van der Waals surface area contributed by atoms with Gasteiger partial charge < -0.3 is 4.74 Å². The first-order valence-electron chi connectivity index (χ1n) is 6.41. The Hall–Kier alpha value is -1.76. The molecular formula is C17H20O. The van der Waals surface area contributed by atoms with Crippen LogP contribution in [-0.2, 0) is 6.42 Å². The van der Waals surface area contributed by atoms with Crippen molar-refractivity contribution >= 4 is 0 Å². The molecule has 0 unspecified atom stereocenters. The number of ether oxygens (including phenoxy) is 1. The van der Waals surface area contributed by atoms with Crippen LogP contribution in [0.5, 0.6) is 5.75 Å². The van der Waals surface area contributed by atoms with Crippen LogP contribution in [0, 0.1) is 20.8 Å². The second-order valence-corrected chi connectivity index (χ2v) is 4.81. The van der Waals surface area contributed by atoms with Crippen LogP contribution in [0.3, 0.4) is 0 Å². The molecule has 0 atom stereocenters. The molecule has 18 heavy (non-hydrogen) atoms. The summed E-state index contributed by atoms with van der Waals surface area (Å²) in [5, 5.41) is 0. The van der Waals surface area contributed by atoms with Gasteiger partial charge >= 0.3 is 0 Å². The van der Waals surface area contributed by atoms with Gasteiger partial charge in [0.1, 0.15) is 5.75 Å². The Morgan fingerprint density at radius 3 is 2.11 bits per heavy atom. The second-order valence-electron chi connectivity index (χ2n) is 4.81. The van der Waals surface area contributed by atoms with Gasteiger partial charge in [-0.15, -0.1) is 0 Å². The Morgan fingerprint density at radius 2 is 1.50 bits per heavy atom. The number of hydrogen-bond donors (Lipinski definition) is 0. The van der Waals surface area contributed by atoms with Crippen molar-refractivity contribution in [2.24, 2.45) is 0 Å². The monoisotopic (exact) mass is 240 g/mol. The van der Waals surface area contributed by atoms with Gasteiger partial charge in [0.2, 0.25) is 0 Å². The molecule has 0 saturated carbocycles. The minimum Gasteiger partial charge on any atom is -0.493 e. The molecule has 94 valence electrons. The van der Waals surface area contributed by atoms with E-state index >= 15 is 0 Å². The van der Waals surface area contributed by atoms with Crippen LogP contribution < -0.4 is 4.74 Å². The van der Waals surface area contributed by atoms with E-state index in [1.54, 1.807) is 0 Å². The summed E-state index contributed by atoms with van der Waals surface area (Å²) in [6.07, 6.45) is 0.952. The Labute approximate surface area is 109 Å². The van der Waals surface area contributed by atoms with Crippen molar-refractivity contribution < 1.29 is 4.74 Å². The van der Waals surface area contributed by atoms with Gasteiger partial charge in [-0.05, 0) is 37.5 Å². The van der Waals surface area contributed by atoms with Crippen LogP contribution in [0.1, 0.15) is 22.3 Å². The van der Waals surface area contributed by atoms with E-state index in [2.05, 4.69) is 57.2 Å². The Kier molecular flexibility index (Phi) is 4.03. The zero-order valence-electron chi connectivity index (χ0n) is 11.4. The third-order valence-corrected chi connectivity index (χ3v) is 3.08. The molecule has 0 N–H and O–H groups in total. The van der Waals surface area contributed by atoms with Crippen LogP contribution in [-0.4, -0.2) is 6.61 Å². The fourth-order valence-corrected chi connectivity index (χ4v) is 2.31. The molecule has 0 spiro atoms. The quantitative estimate of drug-likeness (QED) is 0.777. The van der Waals surface area contributed by atoms with Crippen molar-refractivity contribution in [2.75, 3.05) is 6.61 Å². The Morgan fingerprint density at radius 1 is 0.889 bits per heavy atom. The predicted molar refractivity (Wildman–Crippen MR) is 76.3 cm³/mol. The molecule has 0 radical (unpaired) electrons.